The SMILES string of the molecule is CC(=CCN)c1ccc(Oc2ccc(Br)cc2Br)cc1. The van der Waals surface area contributed by atoms with Crippen LogP contribution in [0.2, 0.25) is 0 Å². The van der Waals surface area contributed by atoms with Crippen LogP contribution >= 0.6 is 31.9 Å². The number of nitrogens with two attached hydrogens (primary N) is 1. The van der Waals surface area contributed by atoms with E-state index >= 15 is 0 Å². The molecule has 2 nitrogen and oxygen atoms in total. The van der Waals surface area contributed by atoms with Crippen molar-refractivity contribution in [2.45, 2.75) is 6.92 Å². The van der Waals surface area contributed by atoms with Crippen molar-refractivity contribution in [3.05, 3.63) is 63.0 Å². The zero-order valence-corrected chi connectivity index (χ0v) is 14.2. The molecule has 0 amide bonds. The minimum Gasteiger partial charge on any atom is -0.456 e. The van der Waals surface area contributed by atoms with Crippen LogP contribution in [0.5, 0.6) is 11.5 Å². The van der Waals surface area contributed by atoms with Crippen molar-refractivity contribution < 1.29 is 4.74 Å². The van der Waals surface area contributed by atoms with Gasteiger partial charge in [-0.3, -0.25) is 0 Å². The van der Waals surface area contributed by atoms with Crippen LogP contribution < -0.4 is 10.5 Å². The molecule has 0 aromatic heterocycles. The lowest BCUT2D eigenvalue weighted by molar-refractivity contribution is 0.479. The molecule has 0 aliphatic carbocycles. The third kappa shape index (κ3) is 3.95. The number of hydrogen-bond acceptors (Lipinski definition) is 2. The van der Waals surface area contributed by atoms with E-state index < -0.39 is 0 Å². The molecule has 0 aliphatic rings. The van der Waals surface area contributed by atoms with Gasteiger partial charge < -0.3 is 10.5 Å². The Morgan fingerprint density at radius 2 is 1.85 bits per heavy atom. The van der Waals surface area contributed by atoms with Crippen molar-refractivity contribution in [3.63, 3.8) is 0 Å². The molecule has 0 fully saturated rings. The van der Waals surface area contributed by atoms with Gasteiger partial charge in [-0.1, -0.05) is 34.1 Å². The largest absolute Gasteiger partial charge is 0.456 e. The van der Waals surface area contributed by atoms with Crippen molar-refractivity contribution >= 4 is 37.4 Å². The van der Waals surface area contributed by atoms with Gasteiger partial charge in [-0.15, -0.1) is 0 Å². The maximum Gasteiger partial charge on any atom is 0.141 e. The Kier molecular flexibility index (Phi) is 5.40. The summed E-state index contributed by atoms with van der Waals surface area (Å²) in [5.41, 5.74) is 7.84. The van der Waals surface area contributed by atoms with Gasteiger partial charge in [0.15, 0.2) is 0 Å². The number of hydrogen-bond donors (Lipinski definition) is 1. The van der Waals surface area contributed by atoms with Crippen LogP contribution in [0.15, 0.2) is 57.5 Å². The molecule has 0 heterocycles. The van der Waals surface area contributed by atoms with E-state index in [2.05, 4.69) is 31.9 Å². The Balaban J connectivity index is 2.17. The third-order valence-electron chi connectivity index (χ3n) is 2.86. The quantitative estimate of drug-likeness (QED) is 0.754. The van der Waals surface area contributed by atoms with E-state index in [1.807, 2.05) is 55.5 Å². The van der Waals surface area contributed by atoms with Gasteiger partial charge in [0.1, 0.15) is 11.5 Å². The molecule has 2 N–H and O–H groups in total. The fourth-order valence-corrected chi connectivity index (χ4v) is 2.89. The summed E-state index contributed by atoms with van der Waals surface area (Å²) in [6, 6.07) is 13.8. The fourth-order valence-electron chi connectivity index (χ4n) is 1.77. The maximum atomic E-state index is 5.85. The van der Waals surface area contributed by atoms with Crippen LogP contribution in [0, 0.1) is 0 Å². The zero-order chi connectivity index (χ0) is 14.5. The molecule has 0 unspecified atom stereocenters. The van der Waals surface area contributed by atoms with Crippen molar-refractivity contribution in [1.82, 2.24) is 0 Å². The van der Waals surface area contributed by atoms with Gasteiger partial charge in [0.05, 0.1) is 4.47 Å². The fraction of sp³-hybridized carbons (Fsp3) is 0.125. The van der Waals surface area contributed by atoms with Crippen molar-refractivity contribution in [2.24, 2.45) is 5.73 Å². The minimum atomic E-state index is 0.552. The van der Waals surface area contributed by atoms with Crippen LogP contribution in [0.25, 0.3) is 5.57 Å². The van der Waals surface area contributed by atoms with Gasteiger partial charge in [-0.2, -0.15) is 0 Å². The lowest BCUT2D eigenvalue weighted by Crippen LogP contribution is -1.94. The Hall–Kier alpha value is -1.10. The highest BCUT2D eigenvalue weighted by molar-refractivity contribution is 9.11. The lowest BCUT2D eigenvalue weighted by atomic mass is 10.1. The summed E-state index contributed by atoms with van der Waals surface area (Å²) in [6.07, 6.45) is 2.00. The standard InChI is InChI=1S/C16H15Br2NO/c1-11(8-9-19)12-2-5-14(6-3-12)20-16-7-4-13(17)10-15(16)18/h2-8,10H,9,19H2,1H3. The normalized spacial score (nSPS) is 11.5. The van der Waals surface area contributed by atoms with Crippen LogP contribution in [-0.2, 0) is 0 Å². The van der Waals surface area contributed by atoms with Gasteiger partial charge in [-0.05, 0) is 64.3 Å². The first-order valence-electron chi connectivity index (χ1n) is 6.20. The van der Waals surface area contributed by atoms with E-state index in [0.29, 0.717) is 6.54 Å². The number of benzene rings is 2. The molecule has 0 saturated heterocycles. The summed E-state index contributed by atoms with van der Waals surface area (Å²) in [5, 5.41) is 0. The van der Waals surface area contributed by atoms with Gasteiger partial charge in [0, 0.05) is 11.0 Å². The maximum absolute atomic E-state index is 5.85. The Morgan fingerprint density at radius 1 is 1.15 bits per heavy atom. The molecule has 104 valence electrons. The second-order valence-electron chi connectivity index (χ2n) is 4.32. The molecule has 0 radical (unpaired) electrons. The first-order chi connectivity index (χ1) is 9.60. The topological polar surface area (TPSA) is 35.2 Å². The number of allylic oxidation sites excluding steroid dienone is 1. The molecular weight excluding hydrogens is 382 g/mol. The summed E-state index contributed by atoms with van der Waals surface area (Å²) in [6.45, 7) is 2.60. The van der Waals surface area contributed by atoms with Crippen molar-refractivity contribution in [1.29, 1.82) is 0 Å². The molecule has 0 spiro atoms. The van der Waals surface area contributed by atoms with E-state index in [9.17, 15) is 0 Å². The van der Waals surface area contributed by atoms with Crippen LogP contribution in [0.1, 0.15) is 12.5 Å². The van der Waals surface area contributed by atoms with E-state index in [1.165, 1.54) is 5.57 Å². The van der Waals surface area contributed by atoms with Gasteiger partial charge in [-0.25, -0.2) is 0 Å². The number of ether oxygens (including phenoxy) is 1. The Labute approximate surface area is 135 Å². The van der Waals surface area contributed by atoms with E-state index in [0.717, 1.165) is 26.0 Å². The Bertz CT molecular complexity index is 621. The highest BCUT2D eigenvalue weighted by Crippen LogP contribution is 2.32. The molecule has 20 heavy (non-hydrogen) atoms. The van der Waals surface area contributed by atoms with Crippen LogP contribution in [0.4, 0.5) is 0 Å². The van der Waals surface area contributed by atoms with E-state index in [1.54, 1.807) is 0 Å². The minimum absolute atomic E-state index is 0.552. The average molecular weight is 397 g/mol. The highest BCUT2D eigenvalue weighted by atomic mass is 79.9. The molecule has 0 saturated carbocycles. The summed E-state index contributed by atoms with van der Waals surface area (Å²) in [7, 11) is 0. The monoisotopic (exact) mass is 395 g/mol. The van der Waals surface area contributed by atoms with E-state index in [-0.39, 0.29) is 0 Å². The lowest BCUT2D eigenvalue weighted by Gasteiger charge is -2.09. The molecule has 4 heteroatoms. The van der Waals surface area contributed by atoms with Gasteiger partial charge >= 0.3 is 0 Å². The molecule has 0 aliphatic heterocycles. The summed E-state index contributed by atoms with van der Waals surface area (Å²) in [4.78, 5) is 0. The van der Waals surface area contributed by atoms with Gasteiger partial charge in [0.2, 0.25) is 0 Å². The molecule has 2 rings (SSSR count). The second kappa shape index (κ2) is 7.07. The average Bonchev–Trinajstić information content (AvgIpc) is 2.43. The molecule has 0 atom stereocenters. The predicted octanol–water partition coefficient (Wildman–Crippen LogP) is 5.37. The number of halogens is 2. The summed E-state index contributed by atoms with van der Waals surface area (Å²) in [5.74, 6) is 1.59. The molecule has 0 bridgehead atoms. The zero-order valence-electron chi connectivity index (χ0n) is 11.1. The van der Waals surface area contributed by atoms with Gasteiger partial charge in [0.25, 0.3) is 0 Å². The van der Waals surface area contributed by atoms with Crippen molar-refractivity contribution in [2.75, 3.05) is 6.54 Å². The first-order valence-corrected chi connectivity index (χ1v) is 7.79. The van der Waals surface area contributed by atoms with Crippen LogP contribution in [0.3, 0.4) is 0 Å². The first kappa shape index (κ1) is 15.3. The summed E-state index contributed by atoms with van der Waals surface area (Å²) < 4.78 is 7.77. The molecule has 2 aromatic carbocycles. The van der Waals surface area contributed by atoms with Crippen molar-refractivity contribution in [3.8, 4) is 11.5 Å². The number of rotatable bonds is 4. The third-order valence-corrected chi connectivity index (χ3v) is 3.97. The smallest absolute Gasteiger partial charge is 0.141 e. The Morgan fingerprint density at radius 3 is 2.45 bits per heavy atom. The van der Waals surface area contributed by atoms with Crippen LogP contribution in [-0.4, -0.2) is 6.54 Å². The molecule has 2 aromatic rings. The second-order valence-corrected chi connectivity index (χ2v) is 6.09. The molecular formula is C16H15Br2NO. The van der Waals surface area contributed by atoms with E-state index in [4.69, 9.17) is 10.5 Å². The predicted molar refractivity (Wildman–Crippen MR) is 91.1 cm³/mol. The highest BCUT2D eigenvalue weighted by Gasteiger charge is 2.04. The summed E-state index contributed by atoms with van der Waals surface area (Å²) >= 11 is 6.90.